The van der Waals surface area contributed by atoms with E-state index in [1.165, 1.54) is 18.7 Å². The van der Waals surface area contributed by atoms with Crippen LogP contribution in [0, 0.1) is 0 Å². The lowest BCUT2D eigenvalue weighted by atomic mass is 10.2. The standard InChI is InChI=1S/C14H12ClN5O3/c1-19-10-9(12(22)20(2)14(19)23)16-13(17-10)18-11(21)7-5-3-4-6-8(7)15/h3-6H,1-2H3,(H2,16,17,18,21). The average molecular weight is 334 g/mol. The van der Waals surface area contributed by atoms with Gasteiger partial charge in [-0.05, 0) is 12.1 Å². The highest BCUT2D eigenvalue weighted by Crippen LogP contribution is 2.16. The van der Waals surface area contributed by atoms with Crippen LogP contribution >= 0.6 is 11.6 Å². The molecule has 0 fully saturated rings. The van der Waals surface area contributed by atoms with Crippen LogP contribution in [0.25, 0.3) is 11.2 Å². The van der Waals surface area contributed by atoms with E-state index in [-0.39, 0.29) is 22.7 Å². The normalized spacial score (nSPS) is 10.9. The molecule has 0 aliphatic heterocycles. The third kappa shape index (κ3) is 2.42. The van der Waals surface area contributed by atoms with Crippen molar-refractivity contribution in [3.8, 4) is 0 Å². The molecule has 0 bridgehead atoms. The number of aromatic nitrogens is 4. The molecule has 2 aromatic heterocycles. The van der Waals surface area contributed by atoms with Gasteiger partial charge in [-0.25, -0.2) is 4.79 Å². The van der Waals surface area contributed by atoms with E-state index in [0.29, 0.717) is 5.02 Å². The van der Waals surface area contributed by atoms with Gasteiger partial charge < -0.3 is 4.98 Å². The molecule has 2 N–H and O–H groups in total. The van der Waals surface area contributed by atoms with Gasteiger partial charge in [0.1, 0.15) is 0 Å². The Morgan fingerprint density at radius 3 is 2.61 bits per heavy atom. The first-order chi connectivity index (χ1) is 10.9. The molecular formula is C14H12ClN5O3. The number of hydrogen-bond acceptors (Lipinski definition) is 4. The molecule has 0 unspecified atom stereocenters. The van der Waals surface area contributed by atoms with Crippen LogP contribution in [0.2, 0.25) is 5.02 Å². The number of nitrogens with zero attached hydrogens (tertiary/aromatic N) is 3. The minimum atomic E-state index is -0.520. The van der Waals surface area contributed by atoms with Crippen LogP contribution in [0.3, 0.4) is 0 Å². The number of rotatable bonds is 2. The molecule has 0 spiro atoms. The number of fused-ring (bicyclic) bond motifs is 1. The molecule has 9 heteroatoms. The Morgan fingerprint density at radius 1 is 1.22 bits per heavy atom. The van der Waals surface area contributed by atoms with Crippen molar-refractivity contribution in [3.63, 3.8) is 0 Å². The van der Waals surface area contributed by atoms with Crippen molar-refractivity contribution in [1.29, 1.82) is 0 Å². The van der Waals surface area contributed by atoms with Crippen LogP contribution in [0.5, 0.6) is 0 Å². The molecule has 1 amide bonds. The number of carbonyl (C=O) groups excluding carboxylic acids is 1. The summed E-state index contributed by atoms with van der Waals surface area (Å²) >= 11 is 5.97. The fourth-order valence-electron chi connectivity index (χ4n) is 2.21. The van der Waals surface area contributed by atoms with Gasteiger partial charge in [-0.1, -0.05) is 23.7 Å². The van der Waals surface area contributed by atoms with Crippen LogP contribution in [0.15, 0.2) is 33.9 Å². The molecule has 0 saturated carbocycles. The SMILES string of the molecule is Cn1c(=O)c2[nH]c(NC(=O)c3ccccc3Cl)nc2n(C)c1=O. The Labute approximate surface area is 134 Å². The molecule has 0 radical (unpaired) electrons. The highest BCUT2D eigenvalue weighted by atomic mass is 35.5. The monoisotopic (exact) mass is 333 g/mol. The zero-order valence-corrected chi connectivity index (χ0v) is 13.0. The first-order valence-corrected chi connectivity index (χ1v) is 6.99. The number of imidazole rings is 1. The molecule has 8 nitrogen and oxygen atoms in total. The molecular weight excluding hydrogens is 322 g/mol. The highest BCUT2D eigenvalue weighted by molar-refractivity contribution is 6.34. The largest absolute Gasteiger partial charge is 0.332 e. The second kappa shape index (κ2) is 5.40. The topological polar surface area (TPSA) is 102 Å². The number of carbonyl (C=O) groups is 1. The lowest BCUT2D eigenvalue weighted by Crippen LogP contribution is -2.36. The molecule has 118 valence electrons. The maximum absolute atomic E-state index is 12.2. The second-order valence-corrected chi connectivity index (χ2v) is 5.33. The number of hydrogen-bond donors (Lipinski definition) is 2. The van der Waals surface area contributed by atoms with Crippen LogP contribution in [-0.4, -0.2) is 25.0 Å². The van der Waals surface area contributed by atoms with E-state index in [0.717, 1.165) is 4.57 Å². The zero-order valence-electron chi connectivity index (χ0n) is 12.3. The summed E-state index contributed by atoms with van der Waals surface area (Å²) in [6.45, 7) is 0. The van der Waals surface area contributed by atoms with Crippen molar-refractivity contribution in [1.82, 2.24) is 19.1 Å². The maximum atomic E-state index is 12.2. The Kier molecular flexibility index (Phi) is 3.53. The minimum absolute atomic E-state index is 0.0585. The van der Waals surface area contributed by atoms with Gasteiger partial charge in [0.15, 0.2) is 11.2 Å². The predicted molar refractivity (Wildman–Crippen MR) is 86.0 cm³/mol. The number of anilines is 1. The molecule has 0 aliphatic rings. The number of halogens is 1. The molecule has 1 aromatic carbocycles. The predicted octanol–water partition coefficient (Wildman–Crippen LogP) is 0.866. The van der Waals surface area contributed by atoms with Crippen molar-refractivity contribution in [2.24, 2.45) is 14.1 Å². The smallest absolute Gasteiger partial charge is 0.318 e. The van der Waals surface area contributed by atoms with Crippen molar-refractivity contribution in [2.75, 3.05) is 5.32 Å². The molecule has 2 heterocycles. The molecule has 23 heavy (non-hydrogen) atoms. The molecule has 3 aromatic rings. The van der Waals surface area contributed by atoms with Gasteiger partial charge in [-0.3, -0.25) is 24.0 Å². The van der Waals surface area contributed by atoms with Crippen LogP contribution in [0.4, 0.5) is 5.95 Å². The van der Waals surface area contributed by atoms with Gasteiger partial charge in [0.2, 0.25) is 5.95 Å². The Balaban J connectivity index is 2.06. The van der Waals surface area contributed by atoms with Crippen molar-refractivity contribution in [3.05, 3.63) is 55.7 Å². The minimum Gasteiger partial charge on any atom is -0.318 e. The number of amides is 1. The summed E-state index contributed by atoms with van der Waals surface area (Å²) in [5.74, 6) is -0.417. The number of aryl methyl sites for hydroxylation is 1. The van der Waals surface area contributed by atoms with E-state index in [1.807, 2.05) is 0 Å². The van der Waals surface area contributed by atoms with Gasteiger partial charge >= 0.3 is 5.69 Å². The number of benzene rings is 1. The fraction of sp³-hybridized carbons (Fsp3) is 0.143. The zero-order chi connectivity index (χ0) is 16.7. The van der Waals surface area contributed by atoms with Crippen LogP contribution < -0.4 is 16.6 Å². The number of H-pyrrole nitrogens is 1. The fourth-order valence-corrected chi connectivity index (χ4v) is 2.43. The van der Waals surface area contributed by atoms with E-state index in [4.69, 9.17) is 11.6 Å². The van der Waals surface area contributed by atoms with E-state index < -0.39 is 17.2 Å². The van der Waals surface area contributed by atoms with Crippen molar-refractivity contribution in [2.45, 2.75) is 0 Å². The van der Waals surface area contributed by atoms with Gasteiger partial charge in [0.05, 0.1) is 10.6 Å². The van der Waals surface area contributed by atoms with Crippen LogP contribution in [0.1, 0.15) is 10.4 Å². The molecule has 0 atom stereocenters. The van der Waals surface area contributed by atoms with Gasteiger partial charge in [0, 0.05) is 14.1 Å². The third-order valence-electron chi connectivity index (χ3n) is 3.45. The highest BCUT2D eigenvalue weighted by Gasteiger charge is 2.16. The first-order valence-electron chi connectivity index (χ1n) is 6.61. The van der Waals surface area contributed by atoms with Gasteiger partial charge in [-0.15, -0.1) is 0 Å². The Morgan fingerprint density at radius 2 is 1.91 bits per heavy atom. The maximum Gasteiger partial charge on any atom is 0.332 e. The van der Waals surface area contributed by atoms with E-state index in [1.54, 1.807) is 24.3 Å². The van der Waals surface area contributed by atoms with Crippen LogP contribution in [-0.2, 0) is 14.1 Å². The third-order valence-corrected chi connectivity index (χ3v) is 3.77. The summed E-state index contributed by atoms with van der Waals surface area (Å²) in [7, 11) is 2.86. The Hall–Kier alpha value is -2.87. The van der Waals surface area contributed by atoms with Gasteiger partial charge in [0.25, 0.3) is 11.5 Å². The molecule has 0 saturated heterocycles. The summed E-state index contributed by atoms with van der Waals surface area (Å²) in [5.41, 5.74) is -0.458. The summed E-state index contributed by atoms with van der Waals surface area (Å²) in [4.78, 5) is 42.9. The van der Waals surface area contributed by atoms with E-state index >= 15 is 0 Å². The van der Waals surface area contributed by atoms with Crippen molar-refractivity contribution < 1.29 is 4.79 Å². The summed E-state index contributed by atoms with van der Waals surface area (Å²) in [6.07, 6.45) is 0. The first kappa shape index (κ1) is 15.0. The lowest BCUT2D eigenvalue weighted by Gasteiger charge is -2.03. The number of aromatic amines is 1. The second-order valence-electron chi connectivity index (χ2n) is 4.92. The summed E-state index contributed by atoms with van der Waals surface area (Å²) in [5, 5.41) is 2.82. The van der Waals surface area contributed by atoms with Gasteiger partial charge in [-0.2, -0.15) is 4.98 Å². The Bertz CT molecular complexity index is 1050. The summed E-state index contributed by atoms with van der Waals surface area (Å²) in [6, 6.07) is 6.54. The average Bonchev–Trinajstić information content (AvgIpc) is 2.95. The lowest BCUT2D eigenvalue weighted by molar-refractivity contribution is 0.102. The van der Waals surface area contributed by atoms with E-state index in [9.17, 15) is 14.4 Å². The molecule has 0 aliphatic carbocycles. The van der Waals surface area contributed by atoms with E-state index in [2.05, 4.69) is 15.3 Å². The van der Waals surface area contributed by atoms with Crippen molar-refractivity contribution >= 4 is 34.6 Å². The number of nitrogens with one attached hydrogen (secondary N) is 2. The molecule has 3 rings (SSSR count). The quantitative estimate of drug-likeness (QED) is 0.726. The summed E-state index contributed by atoms with van der Waals surface area (Å²) < 4.78 is 2.18.